The van der Waals surface area contributed by atoms with Crippen molar-refractivity contribution in [2.75, 3.05) is 18.4 Å². The molecule has 0 unspecified atom stereocenters. The predicted octanol–water partition coefficient (Wildman–Crippen LogP) is 3.82. The van der Waals surface area contributed by atoms with Crippen LogP contribution in [0.15, 0.2) is 42.5 Å². The van der Waals surface area contributed by atoms with Crippen LogP contribution >= 0.6 is 0 Å². The highest BCUT2D eigenvalue weighted by atomic mass is 19.2. The van der Waals surface area contributed by atoms with E-state index < -0.39 is 11.6 Å². The second-order valence-electron chi connectivity index (χ2n) is 5.87. The quantitative estimate of drug-likeness (QED) is 0.925. The molecule has 0 aliphatic carbocycles. The smallest absolute Gasteiger partial charge is 0.254 e. The van der Waals surface area contributed by atoms with E-state index in [2.05, 4.69) is 5.32 Å². The van der Waals surface area contributed by atoms with Crippen LogP contribution in [0.4, 0.5) is 18.9 Å². The van der Waals surface area contributed by atoms with Crippen LogP contribution in [0.3, 0.4) is 0 Å². The number of rotatable bonds is 3. The Morgan fingerprint density at radius 1 is 1.04 bits per heavy atom. The van der Waals surface area contributed by atoms with Gasteiger partial charge in [-0.1, -0.05) is 0 Å². The fraction of sp³-hybridized carbons (Fsp3) is 0.278. The first-order valence-corrected chi connectivity index (χ1v) is 7.79. The summed E-state index contributed by atoms with van der Waals surface area (Å²) in [5.41, 5.74) is 0.917. The lowest BCUT2D eigenvalue weighted by Gasteiger charge is -2.33. The number of likely N-dealkylation sites (tertiary alicyclic amines) is 1. The van der Waals surface area contributed by atoms with Gasteiger partial charge >= 0.3 is 0 Å². The molecule has 0 spiro atoms. The number of halogens is 3. The molecule has 126 valence electrons. The van der Waals surface area contributed by atoms with Gasteiger partial charge in [-0.05, 0) is 55.3 Å². The van der Waals surface area contributed by atoms with Gasteiger partial charge in [0.2, 0.25) is 0 Å². The third-order valence-electron chi connectivity index (χ3n) is 4.09. The zero-order valence-corrected chi connectivity index (χ0v) is 12.9. The zero-order valence-electron chi connectivity index (χ0n) is 12.9. The largest absolute Gasteiger partial charge is 0.381 e. The normalized spacial score (nSPS) is 17.6. The zero-order chi connectivity index (χ0) is 17.1. The summed E-state index contributed by atoms with van der Waals surface area (Å²) in [7, 11) is 0. The van der Waals surface area contributed by atoms with E-state index in [-0.39, 0.29) is 23.3 Å². The number of piperidine rings is 1. The number of nitrogens with one attached hydrogen (secondary N) is 1. The predicted molar refractivity (Wildman–Crippen MR) is 85.3 cm³/mol. The molecular weight excluding hydrogens is 317 g/mol. The van der Waals surface area contributed by atoms with Gasteiger partial charge in [0, 0.05) is 30.4 Å². The summed E-state index contributed by atoms with van der Waals surface area (Å²) in [6.45, 7) is 1.02. The molecule has 0 aromatic heterocycles. The summed E-state index contributed by atoms with van der Waals surface area (Å²) in [4.78, 5) is 14.1. The minimum absolute atomic E-state index is 0.0263. The summed E-state index contributed by atoms with van der Waals surface area (Å²) in [5.74, 6) is -2.63. The molecule has 6 heteroatoms. The second kappa shape index (κ2) is 6.95. The van der Waals surface area contributed by atoms with Crippen molar-refractivity contribution < 1.29 is 18.0 Å². The van der Waals surface area contributed by atoms with Crippen LogP contribution in [-0.4, -0.2) is 29.9 Å². The molecular formula is C18H17F3N2O. The summed E-state index contributed by atoms with van der Waals surface area (Å²) in [5, 5.41) is 3.27. The number of benzene rings is 2. The third-order valence-corrected chi connectivity index (χ3v) is 4.09. The molecule has 2 aromatic carbocycles. The number of amides is 1. The van der Waals surface area contributed by atoms with Crippen molar-refractivity contribution in [3.05, 3.63) is 65.5 Å². The monoisotopic (exact) mass is 334 g/mol. The lowest BCUT2D eigenvalue weighted by Crippen LogP contribution is -2.45. The molecule has 1 heterocycles. The Morgan fingerprint density at radius 2 is 1.79 bits per heavy atom. The summed E-state index contributed by atoms with van der Waals surface area (Å²) < 4.78 is 39.3. The molecule has 0 bridgehead atoms. The Kier molecular flexibility index (Phi) is 4.74. The van der Waals surface area contributed by atoms with Crippen molar-refractivity contribution in [2.45, 2.75) is 18.9 Å². The van der Waals surface area contributed by atoms with Gasteiger partial charge in [-0.2, -0.15) is 0 Å². The van der Waals surface area contributed by atoms with Crippen LogP contribution in [0.2, 0.25) is 0 Å². The first-order chi connectivity index (χ1) is 11.5. The van der Waals surface area contributed by atoms with E-state index in [1.165, 1.54) is 18.2 Å². The standard InChI is InChI=1S/C18H17F3N2O/c19-13-4-6-14(7-5-13)22-15-2-1-9-23(11-15)18(24)12-3-8-16(20)17(21)10-12/h3-8,10,15,22H,1-2,9,11H2/t15-/m1/s1. The molecule has 2 aromatic rings. The van der Waals surface area contributed by atoms with Crippen LogP contribution < -0.4 is 5.32 Å². The molecule has 3 nitrogen and oxygen atoms in total. The average Bonchev–Trinajstić information content (AvgIpc) is 2.59. The number of hydrogen-bond acceptors (Lipinski definition) is 2. The highest BCUT2D eigenvalue weighted by Gasteiger charge is 2.25. The van der Waals surface area contributed by atoms with Crippen LogP contribution in [-0.2, 0) is 0 Å². The van der Waals surface area contributed by atoms with E-state index in [4.69, 9.17) is 0 Å². The average molecular weight is 334 g/mol. The number of carbonyl (C=O) groups excluding carboxylic acids is 1. The molecule has 1 atom stereocenters. The van der Waals surface area contributed by atoms with E-state index in [0.717, 1.165) is 30.7 Å². The van der Waals surface area contributed by atoms with Crippen molar-refractivity contribution in [3.63, 3.8) is 0 Å². The van der Waals surface area contributed by atoms with Crippen molar-refractivity contribution >= 4 is 11.6 Å². The minimum atomic E-state index is -1.03. The Balaban J connectivity index is 1.67. The Hall–Kier alpha value is -2.50. The van der Waals surface area contributed by atoms with Crippen molar-refractivity contribution in [1.29, 1.82) is 0 Å². The summed E-state index contributed by atoms with van der Waals surface area (Å²) in [6.07, 6.45) is 1.67. The highest BCUT2D eigenvalue weighted by Crippen LogP contribution is 2.19. The maximum absolute atomic E-state index is 13.3. The van der Waals surface area contributed by atoms with Crippen molar-refractivity contribution in [2.24, 2.45) is 0 Å². The number of carbonyl (C=O) groups is 1. The molecule has 24 heavy (non-hydrogen) atoms. The van der Waals surface area contributed by atoms with Crippen LogP contribution in [0, 0.1) is 17.5 Å². The molecule has 3 rings (SSSR count). The lowest BCUT2D eigenvalue weighted by atomic mass is 10.0. The van der Waals surface area contributed by atoms with Crippen molar-refractivity contribution in [1.82, 2.24) is 4.90 Å². The van der Waals surface area contributed by atoms with Gasteiger partial charge in [-0.3, -0.25) is 4.79 Å². The SMILES string of the molecule is O=C(c1ccc(F)c(F)c1)N1CCC[C@@H](Nc2ccc(F)cc2)C1. The number of hydrogen-bond donors (Lipinski definition) is 1. The molecule has 1 N–H and O–H groups in total. The Morgan fingerprint density at radius 3 is 2.50 bits per heavy atom. The Labute approximate surface area is 138 Å². The highest BCUT2D eigenvalue weighted by molar-refractivity contribution is 5.94. The van der Waals surface area contributed by atoms with Gasteiger partial charge in [-0.15, -0.1) is 0 Å². The molecule has 0 radical (unpaired) electrons. The van der Waals surface area contributed by atoms with Crippen LogP contribution in [0.5, 0.6) is 0 Å². The Bertz CT molecular complexity index is 734. The summed E-state index contributed by atoms with van der Waals surface area (Å²) >= 11 is 0. The number of nitrogens with zero attached hydrogens (tertiary/aromatic N) is 1. The van der Waals surface area contributed by atoms with E-state index in [9.17, 15) is 18.0 Å². The van der Waals surface area contributed by atoms with E-state index in [1.807, 2.05) is 0 Å². The second-order valence-corrected chi connectivity index (χ2v) is 5.87. The van der Waals surface area contributed by atoms with Gasteiger partial charge in [0.25, 0.3) is 5.91 Å². The van der Waals surface area contributed by atoms with Gasteiger partial charge < -0.3 is 10.2 Å². The first-order valence-electron chi connectivity index (χ1n) is 7.79. The van der Waals surface area contributed by atoms with Crippen molar-refractivity contribution in [3.8, 4) is 0 Å². The van der Waals surface area contributed by atoms with Crippen LogP contribution in [0.25, 0.3) is 0 Å². The molecule has 1 fully saturated rings. The minimum Gasteiger partial charge on any atom is -0.381 e. The molecule has 1 aliphatic rings. The summed E-state index contributed by atoms with van der Waals surface area (Å²) in [6, 6.07) is 9.23. The van der Waals surface area contributed by atoms with Gasteiger partial charge in [0.15, 0.2) is 11.6 Å². The van der Waals surface area contributed by atoms with Gasteiger partial charge in [-0.25, -0.2) is 13.2 Å². The maximum Gasteiger partial charge on any atom is 0.254 e. The fourth-order valence-corrected chi connectivity index (χ4v) is 2.87. The van der Waals surface area contributed by atoms with Crippen LogP contribution in [0.1, 0.15) is 23.2 Å². The van der Waals surface area contributed by atoms with E-state index >= 15 is 0 Å². The number of anilines is 1. The van der Waals surface area contributed by atoms with E-state index in [1.54, 1.807) is 17.0 Å². The fourth-order valence-electron chi connectivity index (χ4n) is 2.87. The molecule has 1 amide bonds. The molecule has 1 saturated heterocycles. The third kappa shape index (κ3) is 3.69. The molecule has 0 saturated carbocycles. The van der Waals surface area contributed by atoms with Gasteiger partial charge in [0.05, 0.1) is 0 Å². The van der Waals surface area contributed by atoms with E-state index in [0.29, 0.717) is 13.1 Å². The maximum atomic E-state index is 13.3. The lowest BCUT2D eigenvalue weighted by molar-refractivity contribution is 0.0714. The first kappa shape index (κ1) is 16.4. The molecule has 1 aliphatic heterocycles. The van der Waals surface area contributed by atoms with Gasteiger partial charge in [0.1, 0.15) is 5.82 Å². The topological polar surface area (TPSA) is 32.3 Å².